The van der Waals surface area contributed by atoms with Gasteiger partial charge in [0.15, 0.2) is 6.29 Å². The van der Waals surface area contributed by atoms with Crippen LogP contribution in [-0.2, 0) is 5.88 Å². The average Bonchev–Trinajstić information content (AvgIpc) is 2.46. The van der Waals surface area contributed by atoms with Crippen molar-refractivity contribution >= 4 is 17.9 Å². The number of nitrogens with one attached hydrogen (secondary N) is 1. The van der Waals surface area contributed by atoms with Gasteiger partial charge >= 0.3 is 0 Å². The van der Waals surface area contributed by atoms with E-state index in [9.17, 15) is 13.6 Å². The molecule has 0 spiro atoms. The summed E-state index contributed by atoms with van der Waals surface area (Å²) in [5.74, 6) is -0.0339. The number of halogens is 3. The number of aldehydes is 1. The quantitative estimate of drug-likeness (QED) is 0.590. The van der Waals surface area contributed by atoms with E-state index in [1.54, 1.807) is 0 Å². The minimum absolute atomic E-state index is 0.0339. The van der Waals surface area contributed by atoms with Crippen LogP contribution in [-0.4, -0.2) is 16.5 Å². The van der Waals surface area contributed by atoms with Gasteiger partial charge in [0.25, 0.3) is 6.43 Å². The lowest BCUT2D eigenvalue weighted by Crippen LogP contribution is -1.92. The van der Waals surface area contributed by atoms with Gasteiger partial charge in [-0.15, -0.1) is 11.6 Å². The number of rotatable bonds is 3. The van der Waals surface area contributed by atoms with Gasteiger partial charge in [-0.3, -0.25) is 9.89 Å². The Labute approximate surface area is 71.7 Å². The second-order valence-corrected chi connectivity index (χ2v) is 2.32. The van der Waals surface area contributed by atoms with Gasteiger partial charge in [0.2, 0.25) is 0 Å². The Morgan fingerprint density at radius 3 is 2.75 bits per heavy atom. The predicted molar refractivity (Wildman–Crippen MR) is 38.5 cm³/mol. The molecule has 0 aliphatic heterocycles. The molecule has 0 atom stereocenters. The molecular weight excluding hydrogens is 190 g/mol. The zero-order valence-electron chi connectivity index (χ0n) is 5.85. The minimum Gasteiger partial charge on any atom is -0.298 e. The van der Waals surface area contributed by atoms with Gasteiger partial charge in [-0.05, 0) is 0 Å². The van der Waals surface area contributed by atoms with Crippen LogP contribution in [0.4, 0.5) is 8.78 Å². The molecule has 0 radical (unpaired) electrons. The Morgan fingerprint density at radius 2 is 2.33 bits per heavy atom. The van der Waals surface area contributed by atoms with Crippen molar-refractivity contribution in [2.45, 2.75) is 12.3 Å². The highest BCUT2D eigenvalue weighted by Gasteiger charge is 2.19. The zero-order chi connectivity index (χ0) is 9.14. The molecule has 1 aromatic rings. The van der Waals surface area contributed by atoms with Gasteiger partial charge < -0.3 is 0 Å². The molecule has 0 unspecified atom stereocenters. The summed E-state index contributed by atoms with van der Waals surface area (Å²) < 4.78 is 24.2. The molecule has 1 aromatic heterocycles. The highest BCUT2D eigenvalue weighted by molar-refractivity contribution is 6.17. The highest BCUT2D eigenvalue weighted by Crippen LogP contribution is 2.22. The Morgan fingerprint density at radius 1 is 1.67 bits per heavy atom. The van der Waals surface area contributed by atoms with Gasteiger partial charge in [0.05, 0.1) is 17.1 Å². The summed E-state index contributed by atoms with van der Waals surface area (Å²) in [4.78, 5) is 10.3. The molecule has 0 amide bonds. The summed E-state index contributed by atoms with van der Waals surface area (Å²) >= 11 is 5.35. The molecule has 0 saturated carbocycles. The molecule has 0 saturated heterocycles. The monoisotopic (exact) mass is 194 g/mol. The van der Waals surface area contributed by atoms with Crippen molar-refractivity contribution in [1.29, 1.82) is 0 Å². The molecular formula is C6H5ClF2N2O. The fourth-order valence-corrected chi connectivity index (χ4v) is 1.01. The number of aromatic nitrogens is 2. The molecule has 0 aliphatic rings. The van der Waals surface area contributed by atoms with E-state index in [4.69, 9.17) is 11.6 Å². The molecule has 0 aliphatic carbocycles. The Balaban J connectivity index is 3.13. The van der Waals surface area contributed by atoms with Crippen LogP contribution in [0.25, 0.3) is 0 Å². The van der Waals surface area contributed by atoms with Crippen molar-refractivity contribution in [2.75, 3.05) is 0 Å². The topological polar surface area (TPSA) is 45.8 Å². The number of alkyl halides is 3. The summed E-state index contributed by atoms with van der Waals surface area (Å²) in [6.45, 7) is 0. The van der Waals surface area contributed by atoms with Gasteiger partial charge in [-0.2, -0.15) is 5.10 Å². The molecule has 3 nitrogen and oxygen atoms in total. The first kappa shape index (κ1) is 9.12. The van der Waals surface area contributed by atoms with Gasteiger partial charge in [0.1, 0.15) is 5.69 Å². The number of carbonyl (C=O) groups excluding carboxylic acids is 1. The fraction of sp³-hybridized carbons (Fsp3) is 0.333. The molecule has 6 heteroatoms. The SMILES string of the molecule is O=Cc1c(C(F)F)n[nH]c1CCl. The van der Waals surface area contributed by atoms with Crippen LogP contribution in [0.5, 0.6) is 0 Å². The van der Waals surface area contributed by atoms with Crippen LogP contribution in [0, 0.1) is 0 Å². The third-order valence-electron chi connectivity index (χ3n) is 1.37. The van der Waals surface area contributed by atoms with Crippen molar-refractivity contribution in [2.24, 2.45) is 0 Å². The summed E-state index contributed by atoms with van der Waals surface area (Å²) in [7, 11) is 0. The Bertz CT molecular complexity index is 287. The normalized spacial score (nSPS) is 10.7. The van der Waals surface area contributed by atoms with Crippen LogP contribution in [0.2, 0.25) is 0 Å². The van der Waals surface area contributed by atoms with Crippen molar-refractivity contribution < 1.29 is 13.6 Å². The van der Waals surface area contributed by atoms with Crippen molar-refractivity contribution in [3.63, 3.8) is 0 Å². The van der Waals surface area contributed by atoms with Crippen LogP contribution < -0.4 is 0 Å². The number of carbonyl (C=O) groups is 1. The lowest BCUT2D eigenvalue weighted by Gasteiger charge is -1.93. The minimum atomic E-state index is -2.75. The van der Waals surface area contributed by atoms with Crippen LogP contribution >= 0.6 is 11.6 Å². The maximum Gasteiger partial charge on any atom is 0.282 e. The molecule has 12 heavy (non-hydrogen) atoms. The standard InChI is InChI=1S/C6H5ClF2N2O/c7-1-4-3(2-12)5(6(8)9)11-10-4/h2,6H,1H2,(H,10,11). The van der Waals surface area contributed by atoms with E-state index in [0.717, 1.165) is 0 Å². The molecule has 66 valence electrons. The summed E-state index contributed by atoms with van der Waals surface area (Å²) in [5, 5.41) is 5.53. The first-order chi connectivity index (χ1) is 5.70. The fourth-order valence-electron chi connectivity index (χ4n) is 0.802. The van der Waals surface area contributed by atoms with Crippen molar-refractivity contribution in [1.82, 2.24) is 10.2 Å². The van der Waals surface area contributed by atoms with Crippen LogP contribution in [0.3, 0.4) is 0 Å². The van der Waals surface area contributed by atoms with Crippen molar-refractivity contribution in [3.05, 3.63) is 17.0 Å². The Kier molecular flexibility index (Phi) is 2.75. The van der Waals surface area contributed by atoms with Crippen LogP contribution in [0.15, 0.2) is 0 Å². The third-order valence-corrected chi connectivity index (χ3v) is 1.64. The summed E-state index contributed by atoms with van der Waals surface area (Å²) in [6.07, 6.45) is -2.43. The molecule has 1 N–H and O–H groups in total. The number of hydrogen-bond donors (Lipinski definition) is 1. The second kappa shape index (κ2) is 3.62. The van der Waals surface area contributed by atoms with Gasteiger partial charge in [-0.25, -0.2) is 8.78 Å². The molecule has 1 rings (SSSR count). The van der Waals surface area contributed by atoms with E-state index in [-0.39, 0.29) is 17.1 Å². The maximum atomic E-state index is 12.1. The van der Waals surface area contributed by atoms with E-state index >= 15 is 0 Å². The third kappa shape index (κ3) is 1.45. The lowest BCUT2D eigenvalue weighted by atomic mass is 10.2. The second-order valence-electron chi connectivity index (χ2n) is 2.05. The average molecular weight is 195 g/mol. The first-order valence-electron chi connectivity index (χ1n) is 3.07. The molecule has 1 heterocycles. The lowest BCUT2D eigenvalue weighted by molar-refractivity contribution is 0.110. The highest BCUT2D eigenvalue weighted by atomic mass is 35.5. The van der Waals surface area contributed by atoms with E-state index < -0.39 is 12.1 Å². The molecule has 0 aromatic carbocycles. The summed E-state index contributed by atoms with van der Waals surface area (Å²) in [5.41, 5.74) is -0.456. The zero-order valence-corrected chi connectivity index (χ0v) is 6.61. The molecule has 0 bridgehead atoms. The Hall–Kier alpha value is -0.970. The smallest absolute Gasteiger partial charge is 0.282 e. The van der Waals surface area contributed by atoms with E-state index in [1.165, 1.54) is 0 Å². The molecule has 0 fully saturated rings. The van der Waals surface area contributed by atoms with Gasteiger partial charge in [-0.1, -0.05) is 0 Å². The first-order valence-corrected chi connectivity index (χ1v) is 3.60. The number of aromatic amines is 1. The number of H-pyrrole nitrogens is 1. The predicted octanol–water partition coefficient (Wildman–Crippen LogP) is 1.90. The van der Waals surface area contributed by atoms with E-state index in [0.29, 0.717) is 6.29 Å². The van der Waals surface area contributed by atoms with Crippen LogP contribution in [0.1, 0.15) is 28.2 Å². The van der Waals surface area contributed by atoms with E-state index in [2.05, 4.69) is 10.2 Å². The number of hydrogen-bond acceptors (Lipinski definition) is 2. The maximum absolute atomic E-state index is 12.1. The number of nitrogens with zero attached hydrogens (tertiary/aromatic N) is 1. The van der Waals surface area contributed by atoms with Crippen molar-refractivity contribution in [3.8, 4) is 0 Å². The largest absolute Gasteiger partial charge is 0.298 e. The summed E-state index contributed by atoms with van der Waals surface area (Å²) in [6, 6.07) is 0. The van der Waals surface area contributed by atoms with E-state index in [1.807, 2.05) is 0 Å². The van der Waals surface area contributed by atoms with Gasteiger partial charge in [0, 0.05) is 0 Å².